The van der Waals surface area contributed by atoms with E-state index in [9.17, 15) is 4.39 Å². The van der Waals surface area contributed by atoms with Gasteiger partial charge in [-0.25, -0.2) is 9.07 Å². The van der Waals surface area contributed by atoms with Crippen LogP contribution in [0.3, 0.4) is 0 Å². The van der Waals surface area contributed by atoms with Crippen molar-refractivity contribution in [2.75, 3.05) is 33.2 Å². The normalized spacial score (nSPS) is 23.2. The van der Waals surface area contributed by atoms with Crippen LogP contribution < -0.4 is 9.80 Å². The molecular weight excluding hydrogens is 307 g/mol. The van der Waals surface area contributed by atoms with Gasteiger partial charge in [0, 0.05) is 5.56 Å². The maximum atomic E-state index is 13.4. The summed E-state index contributed by atoms with van der Waals surface area (Å²) >= 11 is 0. The monoisotopic (exact) mass is 334 g/mol. The molecule has 0 amide bonds. The zero-order valence-electron chi connectivity index (χ0n) is 14.9. The molecule has 130 valence electrons. The Labute approximate surface area is 142 Å². The topological polar surface area (TPSA) is 52.5 Å². The molecule has 2 N–H and O–H groups in total. The lowest BCUT2D eigenvalue weighted by Crippen LogP contribution is -3.27. The van der Waals surface area contributed by atoms with Crippen LogP contribution in [0.5, 0.6) is 0 Å². The van der Waals surface area contributed by atoms with Crippen LogP contribution in [0.25, 0.3) is 0 Å². The Bertz CT molecular complexity index is 667. The molecule has 2 aromatic rings. The number of nitrogens with one attached hydrogen (secondary N) is 2. The number of piperazine rings is 1. The fourth-order valence-corrected chi connectivity index (χ4v) is 3.36. The third-order valence-electron chi connectivity index (χ3n) is 4.74. The summed E-state index contributed by atoms with van der Waals surface area (Å²) in [6.07, 6.45) is 0. The number of aromatic nitrogens is 4. The number of rotatable bonds is 3. The number of nitrogens with zero attached hydrogens (tertiary/aromatic N) is 4. The first-order chi connectivity index (χ1) is 11.4. The summed E-state index contributed by atoms with van der Waals surface area (Å²) in [5.74, 6) is 0.634. The molecule has 0 aliphatic carbocycles. The summed E-state index contributed by atoms with van der Waals surface area (Å²) in [5, 5.41) is 12.5. The SMILES string of the molecule is C[NH+]1CC[NH+]([C@H](c2ccc(F)cc2)c2nnnn2C(C)(C)C)CC1. The van der Waals surface area contributed by atoms with E-state index in [1.54, 1.807) is 4.90 Å². The third kappa shape index (κ3) is 3.47. The number of benzene rings is 1. The van der Waals surface area contributed by atoms with E-state index in [1.807, 2.05) is 16.8 Å². The summed E-state index contributed by atoms with van der Waals surface area (Å²) in [6, 6.07) is 6.79. The largest absolute Gasteiger partial charge is 0.328 e. The maximum absolute atomic E-state index is 13.4. The van der Waals surface area contributed by atoms with Crippen molar-refractivity contribution in [2.45, 2.75) is 32.4 Å². The van der Waals surface area contributed by atoms with Crippen molar-refractivity contribution >= 4 is 0 Å². The average Bonchev–Trinajstić information content (AvgIpc) is 3.01. The van der Waals surface area contributed by atoms with Crippen molar-refractivity contribution in [1.29, 1.82) is 0 Å². The van der Waals surface area contributed by atoms with E-state index in [4.69, 9.17) is 0 Å². The summed E-state index contributed by atoms with van der Waals surface area (Å²) in [6.45, 7) is 10.6. The van der Waals surface area contributed by atoms with Gasteiger partial charge >= 0.3 is 0 Å². The van der Waals surface area contributed by atoms with Crippen molar-refractivity contribution in [1.82, 2.24) is 20.2 Å². The first-order valence-corrected chi connectivity index (χ1v) is 8.56. The quantitative estimate of drug-likeness (QED) is 0.763. The highest BCUT2D eigenvalue weighted by atomic mass is 19.1. The van der Waals surface area contributed by atoms with Crippen LogP contribution in [0.2, 0.25) is 0 Å². The predicted molar refractivity (Wildman–Crippen MR) is 88.4 cm³/mol. The first-order valence-electron chi connectivity index (χ1n) is 8.56. The van der Waals surface area contributed by atoms with Gasteiger partial charge in [0.25, 0.3) is 0 Å². The van der Waals surface area contributed by atoms with E-state index in [1.165, 1.54) is 17.0 Å². The van der Waals surface area contributed by atoms with E-state index in [0.29, 0.717) is 0 Å². The van der Waals surface area contributed by atoms with Gasteiger partial charge in [0.05, 0.1) is 12.6 Å². The zero-order chi connectivity index (χ0) is 17.3. The molecule has 1 aromatic carbocycles. The first kappa shape index (κ1) is 17.0. The number of quaternary nitrogens is 2. The van der Waals surface area contributed by atoms with Crippen molar-refractivity contribution in [2.24, 2.45) is 0 Å². The molecule has 1 atom stereocenters. The molecule has 1 aromatic heterocycles. The van der Waals surface area contributed by atoms with Crippen LogP contribution in [0.4, 0.5) is 4.39 Å². The fourth-order valence-electron chi connectivity index (χ4n) is 3.36. The van der Waals surface area contributed by atoms with Gasteiger partial charge in [0.1, 0.15) is 32.0 Å². The van der Waals surface area contributed by atoms with Gasteiger partial charge in [-0.3, -0.25) is 0 Å². The van der Waals surface area contributed by atoms with Gasteiger partial charge in [0.2, 0.25) is 5.82 Å². The summed E-state index contributed by atoms with van der Waals surface area (Å²) in [5.41, 5.74) is 0.861. The molecule has 3 rings (SSSR count). The number of hydrogen-bond donors (Lipinski definition) is 2. The fraction of sp³-hybridized carbons (Fsp3) is 0.588. The minimum absolute atomic E-state index is 0.0212. The molecule has 24 heavy (non-hydrogen) atoms. The van der Waals surface area contributed by atoms with Gasteiger partial charge in [-0.15, -0.1) is 5.10 Å². The van der Waals surface area contributed by atoms with Crippen LogP contribution in [0, 0.1) is 5.82 Å². The van der Waals surface area contributed by atoms with Crippen molar-refractivity contribution in [3.05, 3.63) is 41.5 Å². The lowest BCUT2D eigenvalue weighted by molar-refractivity contribution is -1.02. The third-order valence-corrected chi connectivity index (χ3v) is 4.74. The molecule has 6 nitrogen and oxygen atoms in total. The smallest absolute Gasteiger partial charge is 0.214 e. The highest BCUT2D eigenvalue weighted by Gasteiger charge is 2.36. The molecule has 0 saturated carbocycles. The van der Waals surface area contributed by atoms with Crippen molar-refractivity contribution < 1.29 is 14.2 Å². The van der Waals surface area contributed by atoms with E-state index < -0.39 is 0 Å². The zero-order valence-corrected chi connectivity index (χ0v) is 14.9. The molecule has 7 heteroatoms. The number of hydrogen-bond acceptors (Lipinski definition) is 3. The van der Waals surface area contributed by atoms with Gasteiger partial charge in [-0.2, -0.15) is 0 Å². The predicted octanol–water partition coefficient (Wildman–Crippen LogP) is -0.930. The molecular formula is C17H27FN6+2. The van der Waals surface area contributed by atoms with Crippen molar-refractivity contribution in [3.63, 3.8) is 0 Å². The number of tetrazole rings is 1. The molecule has 0 spiro atoms. The number of halogens is 1. The minimum atomic E-state index is -0.217. The molecule has 1 aliphatic heterocycles. The van der Waals surface area contributed by atoms with Crippen LogP contribution in [-0.4, -0.2) is 53.4 Å². The Morgan fingerprint density at radius 1 is 1.08 bits per heavy atom. The van der Waals surface area contributed by atoms with E-state index in [-0.39, 0.29) is 17.4 Å². The van der Waals surface area contributed by atoms with Crippen LogP contribution >= 0.6 is 0 Å². The Kier molecular flexibility index (Phi) is 4.64. The van der Waals surface area contributed by atoms with Crippen LogP contribution in [0.1, 0.15) is 38.2 Å². The molecule has 0 radical (unpaired) electrons. The highest BCUT2D eigenvalue weighted by molar-refractivity contribution is 5.23. The summed E-state index contributed by atoms with van der Waals surface area (Å²) in [4.78, 5) is 2.99. The molecule has 0 unspecified atom stereocenters. The van der Waals surface area contributed by atoms with Gasteiger partial charge in [-0.05, 0) is 55.5 Å². The molecule has 1 aliphatic rings. The van der Waals surface area contributed by atoms with Gasteiger partial charge in [-0.1, -0.05) is 0 Å². The number of likely N-dealkylation sites (N-methyl/N-ethyl adjacent to an activating group) is 1. The van der Waals surface area contributed by atoms with E-state index in [2.05, 4.69) is 43.3 Å². The Balaban J connectivity index is 2.02. The van der Waals surface area contributed by atoms with Crippen LogP contribution in [-0.2, 0) is 5.54 Å². The molecule has 1 saturated heterocycles. The molecule has 0 bridgehead atoms. The molecule has 1 fully saturated rings. The van der Waals surface area contributed by atoms with Gasteiger partial charge < -0.3 is 9.80 Å². The second kappa shape index (κ2) is 6.57. The summed E-state index contributed by atoms with van der Waals surface area (Å²) in [7, 11) is 2.23. The standard InChI is InChI=1S/C17H25FN6/c1-17(2,3)24-16(19-20-21-24)15(13-5-7-14(18)8-6-13)23-11-9-22(4)10-12-23/h5-8,15H,9-12H2,1-4H3/p+2/t15-/m1/s1. The Morgan fingerprint density at radius 2 is 1.71 bits per heavy atom. The van der Waals surface area contributed by atoms with Gasteiger partial charge in [0.15, 0.2) is 6.04 Å². The molecule has 2 heterocycles. The highest BCUT2D eigenvalue weighted by Crippen LogP contribution is 2.22. The Morgan fingerprint density at radius 3 is 2.29 bits per heavy atom. The average molecular weight is 334 g/mol. The van der Waals surface area contributed by atoms with E-state index >= 15 is 0 Å². The summed E-state index contributed by atoms with van der Waals surface area (Å²) < 4.78 is 15.3. The van der Waals surface area contributed by atoms with Crippen LogP contribution in [0.15, 0.2) is 24.3 Å². The van der Waals surface area contributed by atoms with E-state index in [0.717, 1.165) is 37.6 Å². The second-order valence-corrected chi connectivity index (χ2v) is 7.72. The van der Waals surface area contributed by atoms with Crippen molar-refractivity contribution in [3.8, 4) is 0 Å². The minimum Gasteiger partial charge on any atom is -0.328 e. The lowest BCUT2D eigenvalue weighted by Gasteiger charge is -2.34. The lowest BCUT2D eigenvalue weighted by atomic mass is 10.0. The second-order valence-electron chi connectivity index (χ2n) is 7.72. The maximum Gasteiger partial charge on any atom is 0.214 e. The Hall–Kier alpha value is -1.86.